The number of aromatic nitrogens is 1. The Balaban J connectivity index is 1.81. The molecular formula is C19H25ClN2. The first kappa shape index (κ1) is 14.3. The normalized spacial score (nSPS) is 14.7. The highest BCUT2D eigenvalue weighted by Crippen LogP contribution is 2.34. The zero-order chi connectivity index (χ0) is 16.1. The lowest BCUT2D eigenvalue weighted by Crippen LogP contribution is -2.12. The van der Waals surface area contributed by atoms with E-state index in [-0.39, 0.29) is 0 Å². The van der Waals surface area contributed by atoms with Crippen LogP contribution < -0.4 is 5.32 Å². The Kier molecular flexibility index (Phi) is 4.77. The molecule has 1 N–H and O–H groups in total. The number of rotatable bonds is 6. The number of fused-ring (bicyclic) bond motifs is 2. The number of unbranched alkanes of at least 4 members (excludes halogenated alkanes) is 3. The second-order valence-electron chi connectivity index (χ2n) is 6.12. The van der Waals surface area contributed by atoms with E-state index < -0.39 is 0 Å². The topological polar surface area (TPSA) is 24.9 Å². The first-order valence-electron chi connectivity index (χ1n) is 9.14. The Labute approximate surface area is 139 Å². The zero-order valence-electron chi connectivity index (χ0n) is 14.1. The smallest absolute Gasteiger partial charge is 0.0741 e. The molecule has 2 aromatic rings. The molecule has 2 nitrogen and oxygen atoms in total. The summed E-state index contributed by atoms with van der Waals surface area (Å²) in [5, 5.41) is 5.63. The van der Waals surface area contributed by atoms with Crippen molar-refractivity contribution >= 4 is 28.2 Å². The Morgan fingerprint density at radius 3 is 3.05 bits per heavy atom. The van der Waals surface area contributed by atoms with Gasteiger partial charge in [0.25, 0.3) is 0 Å². The van der Waals surface area contributed by atoms with Crippen LogP contribution >= 0.6 is 11.6 Å². The molecule has 0 saturated heterocycles. The van der Waals surface area contributed by atoms with Gasteiger partial charge < -0.3 is 5.32 Å². The molecule has 1 aliphatic carbocycles. The molecule has 1 aromatic heterocycles. The van der Waals surface area contributed by atoms with Crippen molar-refractivity contribution in [3.05, 3.63) is 34.5 Å². The number of pyridine rings is 1. The molecule has 0 atom stereocenters. The van der Waals surface area contributed by atoms with Gasteiger partial charge in [0.2, 0.25) is 0 Å². The van der Waals surface area contributed by atoms with Crippen molar-refractivity contribution in [3.63, 3.8) is 0 Å². The van der Waals surface area contributed by atoms with E-state index in [9.17, 15) is 0 Å². The Morgan fingerprint density at radius 1 is 1.23 bits per heavy atom. The molecule has 0 unspecified atom stereocenters. The average molecular weight is 318 g/mol. The number of halogens is 1. The number of nitrogens with one attached hydrogen (secondary N) is 1. The SMILES string of the molecule is [2H]CCCCCCNc1c2c(nc3cc(Cl)ccc13)CCCC2. The van der Waals surface area contributed by atoms with Crippen LogP contribution in [0.15, 0.2) is 18.2 Å². The van der Waals surface area contributed by atoms with Gasteiger partial charge in [0.05, 0.1) is 5.52 Å². The largest absolute Gasteiger partial charge is 0.384 e. The maximum atomic E-state index is 7.20. The molecule has 3 rings (SSSR count). The summed E-state index contributed by atoms with van der Waals surface area (Å²) < 4.78 is 7.20. The lowest BCUT2D eigenvalue weighted by Gasteiger charge is -2.21. The first-order valence-corrected chi connectivity index (χ1v) is 8.81. The van der Waals surface area contributed by atoms with Crippen molar-refractivity contribution in [1.82, 2.24) is 4.98 Å². The second-order valence-corrected chi connectivity index (χ2v) is 6.56. The van der Waals surface area contributed by atoms with Gasteiger partial charge >= 0.3 is 0 Å². The van der Waals surface area contributed by atoms with Crippen LogP contribution in [0.4, 0.5) is 5.69 Å². The van der Waals surface area contributed by atoms with E-state index in [1.807, 2.05) is 12.1 Å². The number of benzene rings is 1. The fourth-order valence-electron chi connectivity index (χ4n) is 3.29. The Morgan fingerprint density at radius 2 is 2.14 bits per heavy atom. The third-order valence-electron chi connectivity index (χ3n) is 4.45. The highest BCUT2D eigenvalue weighted by atomic mass is 35.5. The van der Waals surface area contributed by atoms with Gasteiger partial charge in [0.15, 0.2) is 0 Å². The molecule has 0 radical (unpaired) electrons. The molecule has 1 aliphatic rings. The number of hydrogen-bond acceptors (Lipinski definition) is 2. The van der Waals surface area contributed by atoms with Crippen molar-refractivity contribution in [1.29, 1.82) is 0 Å². The van der Waals surface area contributed by atoms with Crippen LogP contribution in [0.25, 0.3) is 10.9 Å². The van der Waals surface area contributed by atoms with E-state index in [2.05, 4.69) is 11.4 Å². The summed E-state index contributed by atoms with van der Waals surface area (Å²) in [6.07, 6.45) is 9.24. The summed E-state index contributed by atoms with van der Waals surface area (Å²) in [5.41, 5.74) is 4.96. The summed E-state index contributed by atoms with van der Waals surface area (Å²) >= 11 is 6.15. The van der Waals surface area contributed by atoms with Crippen LogP contribution in [0.1, 0.15) is 58.1 Å². The monoisotopic (exact) mass is 317 g/mol. The van der Waals surface area contributed by atoms with Crippen LogP contribution in [0, 0.1) is 0 Å². The van der Waals surface area contributed by atoms with Gasteiger partial charge in [-0.25, -0.2) is 0 Å². The average Bonchev–Trinajstić information content (AvgIpc) is 2.56. The van der Waals surface area contributed by atoms with Gasteiger partial charge in [0.1, 0.15) is 0 Å². The number of anilines is 1. The third-order valence-corrected chi connectivity index (χ3v) is 4.69. The summed E-state index contributed by atoms with van der Waals surface area (Å²) in [6.45, 7) is 1.54. The van der Waals surface area contributed by atoms with Crippen LogP contribution in [-0.2, 0) is 12.8 Å². The fraction of sp³-hybridized carbons (Fsp3) is 0.526. The molecule has 3 heteroatoms. The molecule has 0 amide bonds. The van der Waals surface area contributed by atoms with Crippen molar-refractivity contribution < 1.29 is 1.37 Å². The maximum absolute atomic E-state index is 7.20. The van der Waals surface area contributed by atoms with E-state index >= 15 is 0 Å². The van der Waals surface area contributed by atoms with E-state index in [1.54, 1.807) is 0 Å². The molecule has 22 heavy (non-hydrogen) atoms. The lowest BCUT2D eigenvalue weighted by atomic mass is 9.92. The minimum absolute atomic E-state index is 0.552. The summed E-state index contributed by atoms with van der Waals surface area (Å²) in [4.78, 5) is 4.86. The molecule has 0 spiro atoms. The second kappa shape index (κ2) is 7.32. The minimum Gasteiger partial charge on any atom is -0.384 e. The first-order chi connectivity index (χ1) is 11.3. The number of nitrogens with zero attached hydrogens (tertiary/aromatic N) is 1. The third kappa shape index (κ3) is 3.38. The van der Waals surface area contributed by atoms with E-state index in [0.29, 0.717) is 6.90 Å². The van der Waals surface area contributed by atoms with Crippen LogP contribution in [0.3, 0.4) is 0 Å². The van der Waals surface area contributed by atoms with E-state index in [1.165, 1.54) is 41.6 Å². The van der Waals surface area contributed by atoms with Gasteiger partial charge in [0, 0.05) is 29.7 Å². The molecular weight excluding hydrogens is 292 g/mol. The van der Waals surface area contributed by atoms with Gasteiger partial charge in [-0.3, -0.25) is 4.98 Å². The summed E-state index contributed by atoms with van der Waals surface area (Å²) in [6, 6.07) is 6.04. The number of aryl methyl sites for hydroxylation is 1. The van der Waals surface area contributed by atoms with Crippen molar-refractivity contribution in [3.8, 4) is 0 Å². The number of hydrogen-bond donors (Lipinski definition) is 1. The molecule has 0 saturated carbocycles. The molecule has 1 aromatic carbocycles. The van der Waals surface area contributed by atoms with Gasteiger partial charge in [-0.1, -0.05) is 37.8 Å². The minimum atomic E-state index is 0.552. The van der Waals surface area contributed by atoms with Crippen LogP contribution in [-0.4, -0.2) is 11.5 Å². The standard InChI is InChI=1S/C19H25ClN2/c1-2-3-4-7-12-21-19-15-8-5-6-9-17(15)22-18-13-14(20)10-11-16(18)19/h10-11,13H,2-9,12H2,1H3,(H,21,22)/i1D. The Bertz CT molecular complexity index is 672. The van der Waals surface area contributed by atoms with Crippen LogP contribution in [0.5, 0.6) is 0 Å². The van der Waals surface area contributed by atoms with Gasteiger partial charge in [-0.2, -0.15) is 0 Å². The lowest BCUT2D eigenvalue weighted by molar-refractivity contribution is 0.668. The fourth-order valence-corrected chi connectivity index (χ4v) is 3.46. The van der Waals surface area contributed by atoms with Crippen molar-refractivity contribution in [2.75, 3.05) is 11.9 Å². The molecule has 118 valence electrons. The van der Waals surface area contributed by atoms with Crippen LogP contribution in [0.2, 0.25) is 5.02 Å². The predicted molar refractivity (Wildman–Crippen MR) is 96.0 cm³/mol. The van der Waals surface area contributed by atoms with Gasteiger partial charge in [-0.15, -0.1) is 0 Å². The van der Waals surface area contributed by atoms with Crippen molar-refractivity contribution in [2.24, 2.45) is 0 Å². The summed E-state index contributed by atoms with van der Waals surface area (Å²) in [5.74, 6) is 0. The zero-order valence-corrected chi connectivity index (χ0v) is 13.9. The molecule has 0 aliphatic heterocycles. The quantitative estimate of drug-likeness (QED) is 0.685. The predicted octanol–water partition coefficient (Wildman–Crippen LogP) is 5.76. The maximum Gasteiger partial charge on any atom is 0.0741 e. The molecule has 0 fully saturated rings. The van der Waals surface area contributed by atoms with Crippen molar-refractivity contribution in [2.45, 2.75) is 58.3 Å². The van der Waals surface area contributed by atoms with Gasteiger partial charge in [-0.05, 0) is 55.9 Å². The van der Waals surface area contributed by atoms with E-state index in [4.69, 9.17) is 18.0 Å². The highest BCUT2D eigenvalue weighted by Gasteiger charge is 2.18. The highest BCUT2D eigenvalue weighted by molar-refractivity contribution is 6.31. The molecule has 0 bridgehead atoms. The Hall–Kier alpha value is -1.28. The van der Waals surface area contributed by atoms with E-state index in [0.717, 1.165) is 49.2 Å². The molecule has 1 heterocycles. The summed E-state index contributed by atoms with van der Waals surface area (Å²) in [7, 11) is 0.